The third-order valence-electron chi connectivity index (χ3n) is 5.79. The first-order valence-electron chi connectivity index (χ1n) is 11.2. The number of pyridine rings is 1. The number of carbonyl (C=O) groups is 1. The fourth-order valence-corrected chi connectivity index (χ4v) is 4.60. The zero-order valence-corrected chi connectivity index (χ0v) is 21.5. The number of sulfone groups is 1. The number of nitrogens with one attached hydrogen (secondary N) is 2. The van der Waals surface area contributed by atoms with Crippen LogP contribution < -0.4 is 14.8 Å². The van der Waals surface area contributed by atoms with E-state index < -0.39 is 26.5 Å². The summed E-state index contributed by atoms with van der Waals surface area (Å²) in [5.74, 6) is -0.340. The topological polar surface area (TPSA) is 134 Å². The van der Waals surface area contributed by atoms with E-state index in [2.05, 4.69) is 15.3 Å². The largest absolute Gasteiger partial charge is 0.493 e. The van der Waals surface area contributed by atoms with Crippen molar-refractivity contribution in [3.8, 4) is 28.7 Å². The Morgan fingerprint density at radius 1 is 1.13 bits per heavy atom. The van der Waals surface area contributed by atoms with Crippen molar-refractivity contribution >= 4 is 32.9 Å². The number of aromatic amines is 1. The van der Waals surface area contributed by atoms with Crippen molar-refractivity contribution < 1.29 is 27.1 Å². The van der Waals surface area contributed by atoms with Crippen LogP contribution in [0.3, 0.4) is 0 Å². The molecule has 0 saturated heterocycles. The van der Waals surface area contributed by atoms with Gasteiger partial charge in [0.2, 0.25) is 0 Å². The highest BCUT2D eigenvalue weighted by atomic mass is 32.2. The van der Waals surface area contributed by atoms with Gasteiger partial charge in [0.05, 0.1) is 14.2 Å². The maximum atomic E-state index is 14.1. The lowest BCUT2D eigenvalue weighted by molar-refractivity contribution is -0.117. The number of aromatic nitrogens is 2. The van der Waals surface area contributed by atoms with Gasteiger partial charge in [-0.25, -0.2) is 17.8 Å². The number of benzene rings is 2. The average molecular weight is 535 g/mol. The zero-order valence-electron chi connectivity index (χ0n) is 20.7. The summed E-state index contributed by atoms with van der Waals surface area (Å²) in [5, 5.41) is 13.0. The molecule has 0 aliphatic rings. The number of hydrogen-bond donors (Lipinski definition) is 2. The quantitative estimate of drug-likeness (QED) is 0.258. The van der Waals surface area contributed by atoms with Gasteiger partial charge in [-0.1, -0.05) is 12.1 Å². The molecular weight excluding hydrogens is 511 g/mol. The summed E-state index contributed by atoms with van der Waals surface area (Å²) >= 11 is 0. The molecule has 38 heavy (non-hydrogen) atoms. The molecule has 0 unspecified atom stereocenters. The number of nitriles is 1. The molecule has 0 aliphatic carbocycles. The summed E-state index contributed by atoms with van der Waals surface area (Å²) in [6.45, 7) is 0.158. The highest BCUT2D eigenvalue weighted by Gasteiger charge is 2.16. The van der Waals surface area contributed by atoms with Gasteiger partial charge in [0, 0.05) is 41.7 Å². The summed E-state index contributed by atoms with van der Waals surface area (Å²) in [5.41, 5.74) is 2.63. The van der Waals surface area contributed by atoms with Crippen LogP contribution in [0.1, 0.15) is 11.1 Å². The second kappa shape index (κ2) is 10.7. The van der Waals surface area contributed by atoms with Gasteiger partial charge in [-0.2, -0.15) is 5.26 Å². The molecule has 0 spiro atoms. The van der Waals surface area contributed by atoms with Crippen molar-refractivity contribution in [2.45, 2.75) is 11.4 Å². The van der Waals surface area contributed by atoms with Crippen LogP contribution in [0, 0.1) is 17.1 Å². The number of H-pyrrole nitrogens is 1. The number of rotatable bonds is 8. The maximum Gasteiger partial charge on any atom is 0.262 e. The number of methoxy groups -OCH3 is 2. The van der Waals surface area contributed by atoms with Crippen LogP contribution in [0.15, 0.2) is 65.3 Å². The van der Waals surface area contributed by atoms with E-state index in [9.17, 15) is 22.9 Å². The van der Waals surface area contributed by atoms with Crippen LogP contribution in [-0.2, 0) is 21.2 Å². The molecule has 194 valence electrons. The van der Waals surface area contributed by atoms with E-state index in [4.69, 9.17) is 9.47 Å². The van der Waals surface area contributed by atoms with Crippen molar-refractivity contribution in [3.05, 3.63) is 77.4 Å². The van der Waals surface area contributed by atoms with Gasteiger partial charge in [-0.3, -0.25) is 4.79 Å². The Bertz CT molecular complexity index is 1720. The first kappa shape index (κ1) is 26.4. The summed E-state index contributed by atoms with van der Waals surface area (Å²) in [6.07, 6.45) is 5.49. The number of nitrogens with zero attached hydrogens (tertiary/aromatic N) is 2. The van der Waals surface area contributed by atoms with E-state index in [1.54, 1.807) is 30.5 Å². The van der Waals surface area contributed by atoms with Gasteiger partial charge in [0.15, 0.2) is 21.3 Å². The molecule has 0 fully saturated rings. The number of amides is 1. The fourth-order valence-electron chi connectivity index (χ4n) is 3.84. The predicted octanol–water partition coefficient (Wildman–Crippen LogP) is 4.01. The zero-order chi connectivity index (χ0) is 27.4. The number of halogens is 1. The Labute approximate surface area is 218 Å². The fraction of sp³-hybridized carbons (Fsp3) is 0.148. The number of hydrogen-bond acceptors (Lipinski definition) is 7. The highest BCUT2D eigenvalue weighted by Crippen LogP contribution is 2.29. The van der Waals surface area contributed by atoms with Gasteiger partial charge < -0.3 is 19.8 Å². The summed E-state index contributed by atoms with van der Waals surface area (Å²) < 4.78 is 48.4. The normalized spacial score (nSPS) is 11.7. The van der Waals surface area contributed by atoms with Gasteiger partial charge in [0.25, 0.3) is 5.91 Å². The summed E-state index contributed by atoms with van der Waals surface area (Å²) in [6, 6.07) is 12.7. The van der Waals surface area contributed by atoms with E-state index in [1.165, 1.54) is 38.6 Å². The molecule has 0 atom stereocenters. The Morgan fingerprint density at radius 2 is 1.89 bits per heavy atom. The van der Waals surface area contributed by atoms with Crippen molar-refractivity contribution in [3.63, 3.8) is 0 Å². The maximum absolute atomic E-state index is 14.1. The molecule has 2 aromatic carbocycles. The van der Waals surface area contributed by atoms with Crippen LogP contribution in [0.2, 0.25) is 0 Å². The molecule has 2 aromatic heterocycles. The number of carbonyl (C=O) groups excluding carboxylic acids is 1. The molecule has 4 aromatic rings. The van der Waals surface area contributed by atoms with Crippen molar-refractivity contribution in [1.29, 1.82) is 5.26 Å². The monoisotopic (exact) mass is 534 g/mol. The standard InChI is InChI=1S/C27H23FN4O5S/c1-36-23-7-4-16(8-24(23)37-2)13-32-27(33)18(12-29)9-20-15-31-26-21(20)10-19(14-30-26)17-5-6-22(28)25(11-17)38(3,34)35/h4-11,14-15H,13H2,1-3H3,(H,30,31)(H,32,33)/b18-9+. The second-order valence-electron chi connectivity index (χ2n) is 8.32. The van der Waals surface area contributed by atoms with Crippen LogP contribution in [-0.4, -0.2) is 44.8 Å². The van der Waals surface area contributed by atoms with E-state index in [0.29, 0.717) is 39.2 Å². The Hall–Kier alpha value is -4.69. The van der Waals surface area contributed by atoms with Gasteiger partial charge in [-0.05, 0) is 47.5 Å². The molecule has 0 aliphatic heterocycles. The molecule has 1 amide bonds. The molecule has 0 bridgehead atoms. The van der Waals surface area contributed by atoms with E-state index in [1.807, 2.05) is 6.07 Å². The van der Waals surface area contributed by atoms with Crippen molar-refractivity contribution in [2.75, 3.05) is 20.5 Å². The van der Waals surface area contributed by atoms with Crippen LogP contribution in [0.25, 0.3) is 28.2 Å². The van der Waals surface area contributed by atoms with Gasteiger partial charge in [0.1, 0.15) is 28.0 Å². The lowest BCUT2D eigenvalue weighted by Gasteiger charge is -2.10. The van der Waals surface area contributed by atoms with Crippen molar-refractivity contribution in [1.82, 2.24) is 15.3 Å². The smallest absolute Gasteiger partial charge is 0.262 e. The van der Waals surface area contributed by atoms with Crippen LogP contribution in [0.4, 0.5) is 4.39 Å². The molecule has 0 saturated carbocycles. The SMILES string of the molecule is COc1ccc(CNC(=O)/C(C#N)=C/c2c[nH]c3ncc(-c4ccc(F)c(S(C)(=O)=O)c4)cc23)cc1OC. The Morgan fingerprint density at radius 3 is 2.58 bits per heavy atom. The minimum Gasteiger partial charge on any atom is -0.493 e. The van der Waals surface area contributed by atoms with E-state index >= 15 is 0 Å². The third-order valence-corrected chi connectivity index (χ3v) is 6.90. The third kappa shape index (κ3) is 5.50. The summed E-state index contributed by atoms with van der Waals surface area (Å²) in [7, 11) is -0.731. The molecule has 2 heterocycles. The molecular formula is C27H23FN4O5S. The minimum absolute atomic E-state index is 0.127. The van der Waals surface area contributed by atoms with Gasteiger partial charge >= 0.3 is 0 Å². The van der Waals surface area contributed by atoms with Crippen molar-refractivity contribution in [2.24, 2.45) is 0 Å². The lowest BCUT2D eigenvalue weighted by atomic mass is 10.0. The van der Waals surface area contributed by atoms with Crippen LogP contribution in [0.5, 0.6) is 11.5 Å². The minimum atomic E-state index is -3.77. The first-order valence-corrected chi connectivity index (χ1v) is 13.1. The van der Waals surface area contributed by atoms with Crippen LogP contribution >= 0.6 is 0 Å². The number of ether oxygens (including phenoxy) is 2. The molecule has 9 nitrogen and oxygen atoms in total. The second-order valence-corrected chi connectivity index (χ2v) is 10.3. The lowest BCUT2D eigenvalue weighted by Crippen LogP contribution is -2.24. The molecule has 4 rings (SSSR count). The van der Waals surface area contributed by atoms with E-state index in [0.717, 1.165) is 17.9 Å². The molecule has 11 heteroatoms. The highest BCUT2D eigenvalue weighted by molar-refractivity contribution is 7.90. The predicted molar refractivity (Wildman–Crippen MR) is 140 cm³/mol. The Kier molecular flexibility index (Phi) is 7.45. The van der Waals surface area contributed by atoms with Gasteiger partial charge in [-0.15, -0.1) is 0 Å². The first-order chi connectivity index (χ1) is 18.1. The molecule has 2 N–H and O–H groups in total. The number of fused-ring (bicyclic) bond motifs is 1. The Balaban J connectivity index is 1.61. The van der Waals surface area contributed by atoms with E-state index in [-0.39, 0.29) is 12.1 Å². The average Bonchev–Trinajstić information content (AvgIpc) is 3.31. The summed E-state index contributed by atoms with van der Waals surface area (Å²) in [4.78, 5) is 19.7. The molecule has 0 radical (unpaired) electrons.